The van der Waals surface area contributed by atoms with Crippen molar-refractivity contribution in [2.75, 3.05) is 31.5 Å². The number of rotatable bonds is 5. The van der Waals surface area contributed by atoms with Gasteiger partial charge in [0.05, 0.1) is 5.69 Å². The van der Waals surface area contributed by atoms with Gasteiger partial charge in [-0.1, -0.05) is 15.9 Å². The summed E-state index contributed by atoms with van der Waals surface area (Å²) in [7, 11) is 0. The molecule has 94 valence electrons. The molecule has 1 saturated heterocycles. The average Bonchev–Trinajstić information content (AvgIpc) is 2.79. The summed E-state index contributed by atoms with van der Waals surface area (Å²) in [6.07, 6.45) is 3.72. The minimum absolute atomic E-state index is 0.194. The van der Waals surface area contributed by atoms with Crippen molar-refractivity contribution in [2.24, 2.45) is 0 Å². The molecular formula is C13H18BrFN2. The molecular weight excluding hydrogens is 283 g/mol. The predicted molar refractivity (Wildman–Crippen MR) is 72.9 cm³/mol. The van der Waals surface area contributed by atoms with Gasteiger partial charge in [0.25, 0.3) is 0 Å². The Hall–Kier alpha value is -0.610. The molecule has 17 heavy (non-hydrogen) atoms. The molecule has 0 atom stereocenters. The maximum Gasteiger partial charge on any atom is 0.147 e. The number of hydrogen-bond donors (Lipinski definition) is 1. The first kappa shape index (κ1) is 12.8. The van der Waals surface area contributed by atoms with Gasteiger partial charge in [0.1, 0.15) is 5.82 Å². The van der Waals surface area contributed by atoms with Gasteiger partial charge in [0.2, 0.25) is 0 Å². The van der Waals surface area contributed by atoms with Gasteiger partial charge in [-0.3, -0.25) is 0 Å². The molecule has 1 aromatic rings. The number of hydrogen-bond acceptors (Lipinski definition) is 2. The Bertz CT molecular complexity index is 364. The minimum Gasteiger partial charge on any atom is -0.383 e. The monoisotopic (exact) mass is 300 g/mol. The predicted octanol–water partition coefficient (Wildman–Crippen LogP) is 3.49. The highest BCUT2D eigenvalue weighted by molar-refractivity contribution is 9.10. The zero-order valence-corrected chi connectivity index (χ0v) is 11.5. The lowest BCUT2D eigenvalue weighted by Gasteiger charge is -2.14. The van der Waals surface area contributed by atoms with Crippen LogP contribution in [0.25, 0.3) is 0 Å². The first-order chi connectivity index (χ1) is 8.25. The number of nitrogens with one attached hydrogen (secondary N) is 1. The summed E-state index contributed by atoms with van der Waals surface area (Å²) in [6, 6.07) is 5.12. The van der Waals surface area contributed by atoms with Crippen LogP contribution in [0.1, 0.15) is 19.3 Å². The maximum atomic E-state index is 13.5. The van der Waals surface area contributed by atoms with Crippen LogP contribution in [0.3, 0.4) is 0 Å². The first-order valence-electron chi connectivity index (χ1n) is 6.17. The van der Waals surface area contributed by atoms with E-state index in [-0.39, 0.29) is 5.82 Å². The van der Waals surface area contributed by atoms with E-state index in [1.54, 1.807) is 6.07 Å². The molecule has 1 heterocycles. The molecule has 0 spiro atoms. The third-order valence-corrected chi connectivity index (χ3v) is 3.59. The van der Waals surface area contributed by atoms with Gasteiger partial charge >= 0.3 is 0 Å². The molecule has 1 aromatic carbocycles. The number of anilines is 1. The highest BCUT2D eigenvalue weighted by atomic mass is 79.9. The molecule has 2 rings (SSSR count). The fourth-order valence-electron chi connectivity index (χ4n) is 2.16. The van der Waals surface area contributed by atoms with Crippen molar-refractivity contribution >= 4 is 21.6 Å². The normalized spacial score (nSPS) is 16.4. The van der Waals surface area contributed by atoms with Gasteiger partial charge in [-0.05, 0) is 57.1 Å². The van der Waals surface area contributed by atoms with Crippen molar-refractivity contribution in [2.45, 2.75) is 19.3 Å². The van der Waals surface area contributed by atoms with Crippen LogP contribution < -0.4 is 5.32 Å². The molecule has 4 heteroatoms. The van der Waals surface area contributed by atoms with E-state index >= 15 is 0 Å². The molecule has 1 aliphatic rings. The molecule has 1 aliphatic heterocycles. The molecule has 0 bridgehead atoms. The quantitative estimate of drug-likeness (QED) is 0.838. The number of likely N-dealkylation sites (tertiary alicyclic amines) is 1. The lowest BCUT2D eigenvalue weighted by molar-refractivity contribution is 0.337. The van der Waals surface area contributed by atoms with Gasteiger partial charge in [0, 0.05) is 11.0 Å². The molecule has 2 nitrogen and oxygen atoms in total. The van der Waals surface area contributed by atoms with Crippen LogP contribution in [0.4, 0.5) is 10.1 Å². The summed E-state index contributed by atoms with van der Waals surface area (Å²) >= 11 is 3.25. The second-order valence-electron chi connectivity index (χ2n) is 4.45. The van der Waals surface area contributed by atoms with Gasteiger partial charge in [-0.2, -0.15) is 0 Å². The highest BCUT2D eigenvalue weighted by Gasteiger charge is 2.10. The summed E-state index contributed by atoms with van der Waals surface area (Å²) in [5.74, 6) is -0.194. The fourth-order valence-corrected chi connectivity index (χ4v) is 2.50. The zero-order chi connectivity index (χ0) is 12.1. The fraction of sp³-hybridized carbons (Fsp3) is 0.538. The van der Waals surface area contributed by atoms with Crippen molar-refractivity contribution < 1.29 is 4.39 Å². The standard InChI is InChI=1S/C13H18BrFN2/c14-11-4-5-13(12(15)10-11)16-6-3-9-17-7-1-2-8-17/h4-5,10,16H,1-3,6-9H2. The van der Waals surface area contributed by atoms with Crippen LogP contribution in [-0.2, 0) is 0 Å². The van der Waals surface area contributed by atoms with E-state index in [1.807, 2.05) is 6.07 Å². The Morgan fingerprint density at radius 3 is 2.76 bits per heavy atom. The Morgan fingerprint density at radius 2 is 2.06 bits per heavy atom. The van der Waals surface area contributed by atoms with Gasteiger partial charge in [-0.15, -0.1) is 0 Å². The summed E-state index contributed by atoms with van der Waals surface area (Å²) in [5, 5.41) is 3.14. The molecule has 0 unspecified atom stereocenters. The van der Waals surface area contributed by atoms with Gasteiger partial charge in [-0.25, -0.2) is 4.39 Å². The number of benzene rings is 1. The summed E-state index contributed by atoms with van der Waals surface area (Å²) in [4.78, 5) is 2.47. The van der Waals surface area contributed by atoms with E-state index in [4.69, 9.17) is 0 Å². The van der Waals surface area contributed by atoms with Crippen LogP contribution >= 0.6 is 15.9 Å². The van der Waals surface area contributed by atoms with Crippen LogP contribution in [0, 0.1) is 5.82 Å². The minimum atomic E-state index is -0.194. The summed E-state index contributed by atoms with van der Waals surface area (Å²) < 4.78 is 14.3. The summed E-state index contributed by atoms with van der Waals surface area (Å²) in [5.41, 5.74) is 0.592. The van der Waals surface area contributed by atoms with Crippen molar-refractivity contribution in [3.8, 4) is 0 Å². The van der Waals surface area contributed by atoms with Crippen molar-refractivity contribution in [1.82, 2.24) is 4.90 Å². The van der Waals surface area contributed by atoms with Crippen LogP contribution in [0.15, 0.2) is 22.7 Å². The Labute approximate surface area is 110 Å². The number of halogens is 2. The molecule has 0 radical (unpaired) electrons. The van der Waals surface area contributed by atoms with Crippen LogP contribution in [0.2, 0.25) is 0 Å². The second kappa shape index (κ2) is 6.36. The summed E-state index contributed by atoms with van der Waals surface area (Å²) in [6.45, 7) is 4.40. The van der Waals surface area contributed by atoms with Crippen molar-refractivity contribution in [3.05, 3.63) is 28.5 Å². The van der Waals surface area contributed by atoms with E-state index in [2.05, 4.69) is 26.1 Å². The van der Waals surface area contributed by atoms with E-state index in [0.717, 1.165) is 24.0 Å². The van der Waals surface area contributed by atoms with Crippen LogP contribution in [-0.4, -0.2) is 31.1 Å². The number of nitrogens with zero attached hydrogens (tertiary/aromatic N) is 1. The van der Waals surface area contributed by atoms with Crippen LogP contribution in [0.5, 0.6) is 0 Å². The molecule has 1 fully saturated rings. The van der Waals surface area contributed by atoms with E-state index in [0.29, 0.717) is 5.69 Å². The lowest BCUT2D eigenvalue weighted by Crippen LogP contribution is -2.22. The highest BCUT2D eigenvalue weighted by Crippen LogP contribution is 2.19. The largest absolute Gasteiger partial charge is 0.383 e. The smallest absolute Gasteiger partial charge is 0.147 e. The van der Waals surface area contributed by atoms with Gasteiger partial charge in [0.15, 0.2) is 0 Å². The molecule has 0 amide bonds. The molecule has 1 N–H and O–H groups in total. The Balaban J connectivity index is 1.70. The maximum absolute atomic E-state index is 13.5. The third-order valence-electron chi connectivity index (χ3n) is 3.10. The second-order valence-corrected chi connectivity index (χ2v) is 5.37. The lowest BCUT2D eigenvalue weighted by atomic mass is 10.3. The third kappa shape index (κ3) is 3.96. The van der Waals surface area contributed by atoms with E-state index in [9.17, 15) is 4.39 Å². The Kier molecular flexibility index (Phi) is 4.80. The topological polar surface area (TPSA) is 15.3 Å². The molecule has 0 aliphatic carbocycles. The molecule has 0 saturated carbocycles. The zero-order valence-electron chi connectivity index (χ0n) is 9.88. The van der Waals surface area contributed by atoms with Crippen molar-refractivity contribution in [1.29, 1.82) is 0 Å². The Morgan fingerprint density at radius 1 is 1.29 bits per heavy atom. The molecule has 0 aromatic heterocycles. The van der Waals surface area contributed by atoms with E-state index < -0.39 is 0 Å². The van der Waals surface area contributed by atoms with Crippen molar-refractivity contribution in [3.63, 3.8) is 0 Å². The van der Waals surface area contributed by atoms with Gasteiger partial charge < -0.3 is 10.2 Å². The first-order valence-corrected chi connectivity index (χ1v) is 6.96. The SMILES string of the molecule is Fc1cc(Br)ccc1NCCCN1CCCC1. The van der Waals surface area contributed by atoms with E-state index in [1.165, 1.54) is 32.0 Å². The average molecular weight is 301 g/mol.